The number of hydrogen-bond acceptors (Lipinski definition) is 6. The molecule has 4 rings (SSSR count). The van der Waals surface area contributed by atoms with Gasteiger partial charge in [-0.05, 0) is 47.5 Å². The van der Waals surface area contributed by atoms with Crippen molar-refractivity contribution in [3.63, 3.8) is 0 Å². The molecule has 2 aromatic carbocycles. The number of carbonyl (C=O) groups is 2. The Morgan fingerprint density at radius 3 is 2.56 bits per heavy atom. The van der Waals surface area contributed by atoms with Crippen molar-refractivity contribution in [3.8, 4) is 11.3 Å². The zero-order valence-corrected chi connectivity index (χ0v) is 18.8. The highest BCUT2D eigenvalue weighted by molar-refractivity contribution is 7.14. The molecule has 0 aliphatic rings. The molecule has 34 heavy (non-hydrogen) atoms. The van der Waals surface area contributed by atoms with E-state index in [-0.39, 0.29) is 12.4 Å². The minimum absolute atomic E-state index is 0.263. The van der Waals surface area contributed by atoms with Gasteiger partial charge in [-0.15, -0.1) is 11.3 Å². The first-order valence-corrected chi connectivity index (χ1v) is 11.3. The van der Waals surface area contributed by atoms with Crippen LogP contribution in [0.4, 0.5) is 9.52 Å². The van der Waals surface area contributed by atoms with E-state index >= 15 is 0 Å². The molecular formula is C26H20FN3O3S. The first kappa shape index (κ1) is 23.0. The van der Waals surface area contributed by atoms with Crippen molar-refractivity contribution >= 4 is 34.4 Å². The topological polar surface area (TPSA) is 72.4 Å². The Bertz CT molecular complexity index is 1280. The second kappa shape index (κ2) is 11.1. The largest absolute Gasteiger partial charge is 0.452 e. The van der Waals surface area contributed by atoms with Crippen LogP contribution in [0.5, 0.6) is 0 Å². The lowest BCUT2D eigenvalue weighted by Gasteiger charge is -2.20. The third kappa shape index (κ3) is 6.20. The number of amides is 1. The van der Waals surface area contributed by atoms with Gasteiger partial charge >= 0.3 is 5.97 Å². The van der Waals surface area contributed by atoms with Crippen LogP contribution in [-0.2, 0) is 20.9 Å². The number of aromatic nitrogens is 2. The Kier molecular flexibility index (Phi) is 7.52. The number of benzene rings is 2. The maximum Gasteiger partial charge on any atom is 0.331 e. The fourth-order valence-corrected chi connectivity index (χ4v) is 3.92. The lowest BCUT2D eigenvalue weighted by Crippen LogP contribution is -2.34. The average Bonchev–Trinajstić information content (AvgIpc) is 3.36. The number of thiazole rings is 1. The smallest absolute Gasteiger partial charge is 0.331 e. The summed E-state index contributed by atoms with van der Waals surface area (Å²) in [4.78, 5) is 35.2. The summed E-state index contributed by atoms with van der Waals surface area (Å²) in [6.45, 7) is -0.173. The van der Waals surface area contributed by atoms with Gasteiger partial charge in [-0.1, -0.05) is 36.4 Å². The molecule has 0 radical (unpaired) electrons. The van der Waals surface area contributed by atoms with Gasteiger partial charge < -0.3 is 4.74 Å². The lowest BCUT2D eigenvalue weighted by atomic mass is 10.2. The van der Waals surface area contributed by atoms with Gasteiger partial charge in [0.25, 0.3) is 5.91 Å². The third-order valence-corrected chi connectivity index (χ3v) is 5.65. The maximum atomic E-state index is 13.3. The van der Waals surface area contributed by atoms with Crippen LogP contribution in [0.1, 0.15) is 11.1 Å². The van der Waals surface area contributed by atoms with Crippen LogP contribution in [0.15, 0.2) is 90.6 Å². The Balaban J connectivity index is 1.48. The van der Waals surface area contributed by atoms with Crippen LogP contribution in [0, 0.1) is 5.82 Å². The van der Waals surface area contributed by atoms with Gasteiger partial charge in [0.05, 0.1) is 12.2 Å². The third-order valence-electron chi connectivity index (χ3n) is 4.78. The highest BCUT2D eigenvalue weighted by Gasteiger charge is 2.21. The highest BCUT2D eigenvalue weighted by Crippen LogP contribution is 2.29. The summed E-state index contributed by atoms with van der Waals surface area (Å²) in [5, 5.41) is 2.26. The van der Waals surface area contributed by atoms with Crippen LogP contribution in [0.2, 0.25) is 0 Å². The Hall–Kier alpha value is -4.17. The Morgan fingerprint density at radius 1 is 1.03 bits per heavy atom. The molecule has 4 aromatic rings. The molecule has 0 aliphatic carbocycles. The number of nitrogens with zero attached hydrogens (tertiary/aromatic N) is 3. The molecule has 2 heterocycles. The second-order valence-electron chi connectivity index (χ2n) is 7.22. The van der Waals surface area contributed by atoms with E-state index in [1.165, 1.54) is 34.4 Å². The first-order valence-electron chi connectivity index (χ1n) is 10.4. The average molecular weight is 474 g/mol. The number of hydrogen-bond donors (Lipinski definition) is 0. The Morgan fingerprint density at radius 2 is 1.82 bits per heavy atom. The van der Waals surface area contributed by atoms with Gasteiger partial charge in [0.2, 0.25) is 0 Å². The van der Waals surface area contributed by atoms with Crippen LogP contribution < -0.4 is 4.90 Å². The molecule has 0 bridgehead atoms. The maximum absolute atomic E-state index is 13.3. The normalized spacial score (nSPS) is 10.9. The molecule has 6 nitrogen and oxygen atoms in total. The molecule has 0 fully saturated rings. The molecule has 0 spiro atoms. The van der Waals surface area contributed by atoms with E-state index < -0.39 is 18.5 Å². The minimum Gasteiger partial charge on any atom is -0.452 e. The van der Waals surface area contributed by atoms with E-state index in [0.717, 1.165) is 16.7 Å². The van der Waals surface area contributed by atoms with E-state index in [1.807, 2.05) is 30.3 Å². The SMILES string of the molecule is O=C(/C=C/c1cccnc1)OCC(=O)N(Cc1ccccc1)c1nc(-c2ccc(F)cc2)cs1. The fourth-order valence-electron chi connectivity index (χ4n) is 3.07. The van der Waals surface area contributed by atoms with Crippen molar-refractivity contribution in [2.75, 3.05) is 11.5 Å². The van der Waals surface area contributed by atoms with Crippen LogP contribution in [0.3, 0.4) is 0 Å². The molecule has 0 unspecified atom stereocenters. The molecule has 8 heteroatoms. The monoisotopic (exact) mass is 473 g/mol. The summed E-state index contributed by atoms with van der Waals surface area (Å²) < 4.78 is 18.4. The molecule has 1 amide bonds. The molecule has 0 aliphatic heterocycles. The van der Waals surface area contributed by atoms with E-state index in [4.69, 9.17) is 4.74 Å². The van der Waals surface area contributed by atoms with Crippen molar-refractivity contribution < 1.29 is 18.7 Å². The number of esters is 1. The van der Waals surface area contributed by atoms with Crippen LogP contribution >= 0.6 is 11.3 Å². The standard InChI is InChI=1S/C26H20FN3O3S/c27-22-11-9-21(10-12-22)23-18-34-26(29-23)30(16-20-5-2-1-3-6-20)24(31)17-33-25(32)13-8-19-7-4-14-28-15-19/h1-15,18H,16-17H2/b13-8+. The molecule has 0 atom stereocenters. The van der Waals surface area contributed by atoms with Gasteiger partial charge in [-0.2, -0.15) is 0 Å². The first-order chi connectivity index (χ1) is 16.6. The predicted octanol–water partition coefficient (Wildman–Crippen LogP) is 5.13. The highest BCUT2D eigenvalue weighted by atomic mass is 32.1. The number of rotatable bonds is 8. The minimum atomic E-state index is -0.636. The number of pyridine rings is 1. The van der Waals surface area contributed by atoms with Crippen LogP contribution in [-0.4, -0.2) is 28.5 Å². The summed E-state index contributed by atoms with van der Waals surface area (Å²) >= 11 is 1.28. The molecule has 170 valence electrons. The zero-order valence-electron chi connectivity index (χ0n) is 18.0. The number of carbonyl (C=O) groups excluding carboxylic acids is 2. The van der Waals surface area contributed by atoms with Gasteiger partial charge in [-0.25, -0.2) is 14.2 Å². The van der Waals surface area contributed by atoms with Gasteiger partial charge in [0.1, 0.15) is 5.82 Å². The fraction of sp³-hybridized carbons (Fsp3) is 0.0769. The van der Waals surface area contributed by atoms with Crippen molar-refractivity contribution in [2.24, 2.45) is 0 Å². The predicted molar refractivity (Wildman–Crippen MR) is 129 cm³/mol. The second-order valence-corrected chi connectivity index (χ2v) is 8.05. The van der Waals surface area contributed by atoms with E-state index in [2.05, 4.69) is 9.97 Å². The van der Waals surface area contributed by atoms with E-state index in [9.17, 15) is 14.0 Å². The summed E-state index contributed by atoms with van der Waals surface area (Å²) in [6, 6.07) is 19.0. The van der Waals surface area contributed by atoms with Gasteiger partial charge in [0, 0.05) is 29.4 Å². The molecular weight excluding hydrogens is 453 g/mol. The number of halogens is 1. The number of anilines is 1. The summed E-state index contributed by atoms with van der Waals surface area (Å²) in [5.74, 6) is -1.38. The van der Waals surface area contributed by atoms with Crippen LogP contribution in [0.25, 0.3) is 17.3 Å². The van der Waals surface area contributed by atoms with Crippen molar-refractivity contribution in [3.05, 3.63) is 108 Å². The molecule has 0 N–H and O–H groups in total. The summed E-state index contributed by atoms with van der Waals surface area (Å²) in [6.07, 6.45) is 6.06. The number of ether oxygens (including phenoxy) is 1. The molecule has 2 aromatic heterocycles. The van der Waals surface area contributed by atoms with Gasteiger partial charge in [0.15, 0.2) is 11.7 Å². The molecule has 0 saturated carbocycles. The quantitative estimate of drug-likeness (QED) is 0.262. The lowest BCUT2D eigenvalue weighted by molar-refractivity contribution is -0.142. The van der Waals surface area contributed by atoms with Gasteiger partial charge in [-0.3, -0.25) is 14.7 Å². The Labute approximate surface area is 200 Å². The van der Waals surface area contributed by atoms with E-state index in [1.54, 1.807) is 48.1 Å². The van der Waals surface area contributed by atoms with E-state index in [0.29, 0.717) is 10.8 Å². The van der Waals surface area contributed by atoms with Crippen molar-refractivity contribution in [1.82, 2.24) is 9.97 Å². The van der Waals surface area contributed by atoms with Crippen molar-refractivity contribution in [1.29, 1.82) is 0 Å². The summed E-state index contributed by atoms with van der Waals surface area (Å²) in [7, 11) is 0. The van der Waals surface area contributed by atoms with Crippen molar-refractivity contribution in [2.45, 2.75) is 6.54 Å². The zero-order chi connectivity index (χ0) is 23.8. The molecule has 0 saturated heterocycles. The summed E-state index contributed by atoms with van der Waals surface area (Å²) in [5.41, 5.74) is 3.01.